The number of nitrogens with zero attached hydrogens (tertiary/aromatic N) is 2. The van der Waals surface area contributed by atoms with Gasteiger partial charge < -0.3 is 10.1 Å². The Labute approximate surface area is 110 Å². The summed E-state index contributed by atoms with van der Waals surface area (Å²) < 4.78 is 7.03. The van der Waals surface area contributed by atoms with Crippen LogP contribution in [0.15, 0.2) is 18.2 Å². The van der Waals surface area contributed by atoms with E-state index in [1.807, 2.05) is 13.1 Å². The number of nitrogens with one attached hydrogen (secondary N) is 1. The maximum absolute atomic E-state index is 5.26. The summed E-state index contributed by atoms with van der Waals surface area (Å²) in [5.74, 6) is 0.787. The highest BCUT2D eigenvalue weighted by Gasteiger charge is 2.16. The minimum atomic E-state index is 0.229. The van der Waals surface area contributed by atoms with Crippen LogP contribution in [0.5, 0.6) is 5.88 Å². The van der Waals surface area contributed by atoms with Gasteiger partial charge in [-0.05, 0) is 25.8 Å². The molecule has 1 aromatic heterocycles. The van der Waals surface area contributed by atoms with E-state index in [-0.39, 0.29) is 6.04 Å². The number of hydrogen-bond acceptors (Lipinski definition) is 3. The van der Waals surface area contributed by atoms with Gasteiger partial charge in [0.25, 0.3) is 0 Å². The van der Waals surface area contributed by atoms with Gasteiger partial charge in [-0.2, -0.15) is 5.10 Å². The van der Waals surface area contributed by atoms with E-state index in [9.17, 15) is 0 Å². The number of methoxy groups -OCH3 is 1. The van der Waals surface area contributed by atoms with Gasteiger partial charge in [0, 0.05) is 13.1 Å². The van der Waals surface area contributed by atoms with Gasteiger partial charge in [0.1, 0.15) is 0 Å². The second-order valence-corrected chi connectivity index (χ2v) is 4.55. The molecule has 0 saturated heterocycles. The van der Waals surface area contributed by atoms with Gasteiger partial charge in [0.05, 0.1) is 18.8 Å². The third kappa shape index (κ3) is 3.88. The van der Waals surface area contributed by atoms with Crippen molar-refractivity contribution in [1.82, 2.24) is 15.1 Å². The minimum absolute atomic E-state index is 0.229. The molecule has 0 radical (unpaired) electrons. The van der Waals surface area contributed by atoms with Crippen molar-refractivity contribution < 1.29 is 4.74 Å². The Morgan fingerprint density at radius 2 is 2.28 bits per heavy atom. The molecule has 0 spiro atoms. The first kappa shape index (κ1) is 14.8. The molecular formula is C14H25N3O. The standard InChI is InChI=1S/C14H25N3O/c1-6-8-15-12(9-11(3)7-2)13-10-14(18-5)17(4)16-13/h10,12,15H,3,6-9H2,1-2,4-5H3. The van der Waals surface area contributed by atoms with Crippen LogP contribution in [0, 0.1) is 0 Å². The van der Waals surface area contributed by atoms with Crippen LogP contribution in [0.2, 0.25) is 0 Å². The topological polar surface area (TPSA) is 39.1 Å². The van der Waals surface area contributed by atoms with Crippen LogP contribution in [0.4, 0.5) is 0 Å². The third-order valence-electron chi connectivity index (χ3n) is 3.06. The van der Waals surface area contributed by atoms with Crippen LogP contribution < -0.4 is 10.1 Å². The Morgan fingerprint density at radius 3 is 2.78 bits per heavy atom. The van der Waals surface area contributed by atoms with E-state index in [0.717, 1.165) is 37.4 Å². The Morgan fingerprint density at radius 1 is 1.56 bits per heavy atom. The molecule has 1 heterocycles. The number of rotatable bonds is 8. The molecule has 1 aromatic rings. The van der Waals surface area contributed by atoms with Crippen molar-refractivity contribution in [2.24, 2.45) is 7.05 Å². The SMILES string of the molecule is C=C(CC)CC(NCCC)c1cc(OC)n(C)n1. The summed E-state index contributed by atoms with van der Waals surface area (Å²) in [5.41, 5.74) is 2.27. The van der Waals surface area contributed by atoms with Gasteiger partial charge in [-0.3, -0.25) is 0 Å². The van der Waals surface area contributed by atoms with Crippen LogP contribution >= 0.6 is 0 Å². The maximum Gasteiger partial charge on any atom is 0.211 e. The smallest absolute Gasteiger partial charge is 0.211 e. The summed E-state index contributed by atoms with van der Waals surface area (Å²) in [6.45, 7) is 9.38. The molecule has 0 aliphatic carbocycles. The Balaban J connectivity index is 2.82. The highest BCUT2D eigenvalue weighted by Crippen LogP contribution is 2.24. The molecule has 0 aliphatic heterocycles. The maximum atomic E-state index is 5.26. The van der Waals surface area contributed by atoms with E-state index in [1.165, 1.54) is 5.57 Å². The monoisotopic (exact) mass is 251 g/mol. The normalized spacial score (nSPS) is 12.4. The zero-order chi connectivity index (χ0) is 13.5. The summed E-state index contributed by atoms with van der Waals surface area (Å²) in [6, 6.07) is 2.23. The third-order valence-corrected chi connectivity index (χ3v) is 3.06. The van der Waals surface area contributed by atoms with Crippen LogP contribution in [0.1, 0.15) is 44.8 Å². The van der Waals surface area contributed by atoms with E-state index < -0.39 is 0 Å². The van der Waals surface area contributed by atoms with Gasteiger partial charge in [-0.25, -0.2) is 4.68 Å². The zero-order valence-electron chi connectivity index (χ0n) is 12.0. The average Bonchev–Trinajstić information content (AvgIpc) is 2.75. The van der Waals surface area contributed by atoms with Gasteiger partial charge in [0.15, 0.2) is 0 Å². The van der Waals surface area contributed by atoms with Crippen molar-refractivity contribution in [2.45, 2.75) is 39.2 Å². The summed E-state index contributed by atoms with van der Waals surface area (Å²) in [7, 11) is 3.56. The molecule has 0 bridgehead atoms. The highest BCUT2D eigenvalue weighted by molar-refractivity contribution is 5.20. The molecule has 0 aromatic carbocycles. The first-order valence-electron chi connectivity index (χ1n) is 6.60. The lowest BCUT2D eigenvalue weighted by Crippen LogP contribution is -2.23. The Bertz CT molecular complexity index is 384. The summed E-state index contributed by atoms with van der Waals surface area (Å²) in [4.78, 5) is 0. The summed E-state index contributed by atoms with van der Waals surface area (Å²) in [5, 5.41) is 8.03. The van der Waals surface area contributed by atoms with Crippen molar-refractivity contribution in [3.8, 4) is 5.88 Å². The van der Waals surface area contributed by atoms with Crippen molar-refractivity contribution in [3.05, 3.63) is 23.9 Å². The van der Waals surface area contributed by atoms with Crippen molar-refractivity contribution in [3.63, 3.8) is 0 Å². The minimum Gasteiger partial charge on any atom is -0.481 e. The van der Waals surface area contributed by atoms with Crippen LogP contribution in [-0.2, 0) is 7.05 Å². The second-order valence-electron chi connectivity index (χ2n) is 4.55. The molecule has 1 N–H and O–H groups in total. The van der Waals surface area contributed by atoms with E-state index in [4.69, 9.17) is 4.74 Å². The summed E-state index contributed by atoms with van der Waals surface area (Å²) in [6.07, 6.45) is 3.05. The Hall–Kier alpha value is -1.29. The molecule has 0 aliphatic rings. The second kappa shape index (κ2) is 7.21. The molecule has 1 atom stereocenters. The molecule has 0 amide bonds. The van der Waals surface area contributed by atoms with Gasteiger partial charge in [-0.1, -0.05) is 26.0 Å². The van der Waals surface area contributed by atoms with Crippen molar-refractivity contribution in [1.29, 1.82) is 0 Å². The van der Waals surface area contributed by atoms with Crippen LogP contribution in [0.3, 0.4) is 0 Å². The molecular weight excluding hydrogens is 226 g/mol. The predicted octanol–water partition coefficient (Wildman–Crippen LogP) is 2.83. The molecule has 0 saturated carbocycles. The average molecular weight is 251 g/mol. The predicted molar refractivity (Wildman–Crippen MR) is 74.8 cm³/mol. The molecule has 1 rings (SSSR count). The van der Waals surface area contributed by atoms with E-state index in [1.54, 1.807) is 11.8 Å². The van der Waals surface area contributed by atoms with E-state index in [2.05, 4.69) is 30.8 Å². The zero-order valence-corrected chi connectivity index (χ0v) is 12.0. The largest absolute Gasteiger partial charge is 0.481 e. The fourth-order valence-corrected chi connectivity index (χ4v) is 1.87. The fourth-order valence-electron chi connectivity index (χ4n) is 1.87. The number of aromatic nitrogens is 2. The molecule has 1 unspecified atom stereocenters. The van der Waals surface area contributed by atoms with Gasteiger partial charge in [-0.15, -0.1) is 0 Å². The van der Waals surface area contributed by atoms with Gasteiger partial charge in [0.2, 0.25) is 5.88 Å². The van der Waals surface area contributed by atoms with Crippen molar-refractivity contribution in [2.75, 3.05) is 13.7 Å². The molecule has 102 valence electrons. The first-order valence-corrected chi connectivity index (χ1v) is 6.60. The lowest BCUT2D eigenvalue weighted by atomic mass is 10.0. The summed E-state index contributed by atoms with van der Waals surface area (Å²) >= 11 is 0. The quantitative estimate of drug-likeness (QED) is 0.722. The van der Waals surface area contributed by atoms with E-state index >= 15 is 0 Å². The molecule has 0 fully saturated rings. The first-order chi connectivity index (χ1) is 8.62. The van der Waals surface area contributed by atoms with Crippen molar-refractivity contribution >= 4 is 0 Å². The number of aryl methyl sites for hydroxylation is 1. The number of hydrogen-bond donors (Lipinski definition) is 1. The van der Waals surface area contributed by atoms with Crippen LogP contribution in [0.25, 0.3) is 0 Å². The molecule has 4 nitrogen and oxygen atoms in total. The molecule has 18 heavy (non-hydrogen) atoms. The lowest BCUT2D eigenvalue weighted by molar-refractivity contribution is 0.373. The van der Waals surface area contributed by atoms with Gasteiger partial charge >= 0.3 is 0 Å². The van der Waals surface area contributed by atoms with Crippen LogP contribution in [-0.4, -0.2) is 23.4 Å². The lowest BCUT2D eigenvalue weighted by Gasteiger charge is -2.17. The highest BCUT2D eigenvalue weighted by atomic mass is 16.5. The number of ether oxygens (including phenoxy) is 1. The Kier molecular flexibility index (Phi) is 5.92. The van der Waals surface area contributed by atoms with E-state index in [0.29, 0.717) is 0 Å². The fraction of sp³-hybridized carbons (Fsp3) is 0.643. The molecule has 4 heteroatoms.